The van der Waals surface area contributed by atoms with Gasteiger partial charge in [-0.05, 0) is 24.3 Å². The van der Waals surface area contributed by atoms with Crippen LogP contribution in [0, 0.1) is 0 Å². The van der Waals surface area contributed by atoms with Gasteiger partial charge in [-0.3, -0.25) is 9.38 Å². The Bertz CT molecular complexity index is 863. The number of rotatable bonds is 3. The van der Waals surface area contributed by atoms with Crippen molar-refractivity contribution in [3.63, 3.8) is 0 Å². The molecule has 4 nitrogen and oxygen atoms in total. The fourth-order valence-electron chi connectivity index (χ4n) is 2.24. The molecule has 4 rings (SSSR count). The quantitative estimate of drug-likeness (QED) is 0.624. The summed E-state index contributed by atoms with van der Waals surface area (Å²) in [6.07, 6.45) is 5.68. The van der Waals surface area contributed by atoms with Gasteiger partial charge in [0.25, 0.3) is 0 Å². The van der Waals surface area contributed by atoms with Crippen LogP contribution in [-0.4, -0.2) is 14.4 Å². The number of hydrogen-bond donors (Lipinski definition) is 1. The monoisotopic (exact) mass is 280 g/mol. The molecule has 0 bridgehead atoms. The van der Waals surface area contributed by atoms with Gasteiger partial charge in [-0.1, -0.05) is 23.5 Å². The molecule has 1 aromatic carbocycles. The van der Waals surface area contributed by atoms with Gasteiger partial charge in [0.05, 0.1) is 28.1 Å². The van der Waals surface area contributed by atoms with Crippen molar-refractivity contribution in [2.75, 3.05) is 5.32 Å². The van der Waals surface area contributed by atoms with E-state index in [2.05, 4.69) is 50.1 Å². The van der Waals surface area contributed by atoms with Crippen LogP contribution >= 0.6 is 11.3 Å². The molecule has 3 aromatic heterocycles. The molecule has 0 saturated carbocycles. The van der Waals surface area contributed by atoms with Crippen molar-refractivity contribution in [1.82, 2.24) is 14.4 Å². The minimum atomic E-state index is 0.703. The van der Waals surface area contributed by atoms with E-state index in [0.717, 1.165) is 16.3 Å². The highest BCUT2D eigenvalue weighted by molar-refractivity contribution is 7.23. The Labute approximate surface area is 119 Å². The molecule has 1 N–H and O–H groups in total. The average Bonchev–Trinajstić information content (AvgIpc) is 3.03. The van der Waals surface area contributed by atoms with Crippen LogP contribution in [0.1, 0.15) is 5.69 Å². The zero-order chi connectivity index (χ0) is 13.4. The van der Waals surface area contributed by atoms with E-state index in [1.807, 2.05) is 18.3 Å². The topological polar surface area (TPSA) is 42.2 Å². The fourth-order valence-corrected chi connectivity index (χ4v) is 3.27. The Balaban J connectivity index is 1.64. The first-order valence-electron chi connectivity index (χ1n) is 6.39. The van der Waals surface area contributed by atoms with Crippen LogP contribution in [0.25, 0.3) is 15.2 Å². The largest absolute Gasteiger partial charge is 0.378 e. The lowest BCUT2D eigenvalue weighted by Crippen LogP contribution is -1.99. The molecule has 0 fully saturated rings. The third-order valence-corrected chi connectivity index (χ3v) is 4.22. The Morgan fingerprint density at radius 1 is 1.15 bits per heavy atom. The molecule has 98 valence electrons. The predicted octanol–water partition coefficient (Wildman–Crippen LogP) is 3.56. The number of hydrogen-bond acceptors (Lipinski definition) is 4. The number of fused-ring (bicyclic) bond motifs is 3. The number of para-hydroxylation sites is 1. The molecular weight excluding hydrogens is 268 g/mol. The predicted molar refractivity (Wildman–Crippen MR) is 82.1 cm³/mol. The summed E-state index contributed by atoms with van der Waals surface area (Å²) in [4.78, 5) is 9.78. The number of anilines is 1. The summed E-state index contributed by atoms with van der Waals surface area (Å²) >= 11 is 1.72. The van der Waals surface area contributed by atoms with E-state index in [-0.39, 0.29) is 0 Å². The number of benzene rings is 1. The minimum Gasteiger partial charge on any atom is -0.378 e. The number of nitrogens with one attached hydrogen (secondary N) is 1. The minimum absolute atomic E-state index is 0.703. The SMILES string of the molecule is c1cncc(NCc2cn3c(n2)sc2ccccc23)c1. The summed E-state index contributed by atoms with van der Waals surface area (Å²) in [6.45, 7) is 0.703. The molecule has 0 aliphatic carbocycles. The highest BCUT2D eigenvalue weighted by Gasteiger charge is 2.07. The zero-order valence-corrected chi connectivity index (χ0v) is 11.5. The van der Waals surface area contributed by atoms with Gasteiger partial charge in [0.15, 0.2) is 4.96 Å². The standard InChI is InChI=1S/C15H12N4S/c1-2-6-14-13(5-1)19-10-12(18-15(19)20-14)9-17-11-4-3-7-16-8-11/h1-8,10,17H,9H2. The van der Waals surface area contributed by atoms with E-state index in [1.54, 1.807) is 17.5 Å². The van der Waals surface area contributed by atoms with Gasteiger partial charge in [0.1, 0.15) is 0 Å². The Hall–Kier alpha value is -2.40. The number of nitrogens with zero attached hydrogens (tertiary/aromatic N) is 3. The molecule has 0 amide bonds. The first-order valence-corrected chi connectivity index (χ1v) is 7.21. The highest BCUT2D eigenvalue weighted by atomic mass is 32.1. The van der Waals surface area contributed by atoms with Crippen LogP contribution in [0.15, 0.2) is 55.0 Å². The van der Waals surface area contributed by atoms with E-state index in [1.165, 1.54) is 10.2 Å². The summed E-state index contributed by atoms with van der Waals surface area (Å²) in [5, 5.41) is 3.33. The van der Waals surface area contributed by atoms with Crippen molar-refractivity contribution in [3.8, 4) is 0 Å². The second-order valence-corrected chi connectivity index (χ2v) is 5.56. The number of imidazole rings is 1. The Morgan fingerprint density at radius 2 is 2.10 bits per heavy atom. The van der Waals surface area contributed by atoms with Gasteiger partial charge in [-0.15, -0.1) is 0 Å². The summed E-state index contributed by atoms with van der Waals surface area (Å²) in [6, 6.07) is 12.3. The van der Waals surface area contributed by atoms with E-state index >= 15 is 0 Å². The lowest BCUT2D eigenvalue weighted by Gasteiger charge is -2.02. The zero-order valence-electron chi connectivity index (χ0n) is 10.7. The van der Waals surface area contributed by atoms with E-state index < -0.39 is 0 Å². The lowest BCUT2D eigenvalue weighted by molar-refractivity contribution is 1.08. The van der Waals surface area contributed by atoms with Gasteiger partial charge in [0, 0.05) is 18.6 Å². The molecule has 4 aromatic rings. The van der Waals surface area contributed by atoms with Crippen molar-refractivity contribution >= 4 is 32.2 Å². The third kappa shape index (κ3) is 1.92. The number of pyridine rings is 1. The molecule has 0 aliphatic heterocycles. The Kier molecular flexibility index (Phi) is 2.63. The highest BCUT2D eigenvalue weighted by Crippen LogP contribution is 2.26. The van der Waals surface area contributed by atoms with Crippen LogP contribution in [0.5, 0.6) is 0 Å². The van der Waals surface area contributed by atoms with Gasteiger partial charge in [0.2, 0.25) is 0 Å². The average molecular weight is 280 g/mol. The fraction of sp³-hybridized carbons (Fsp3) is 0.0667. The summed E-state index contributed by atoms with van der Waals surface area (Å²) in [5.41, 5.74) is 3.26. The van der Waals surface area contributed by atoms with Crippen LogP contribution in [-0.2, 0) is 6.54 Å². The van der Waals surface area contributed by atoms with Gasteiger partial charge in [-0.2, -0.15) is 0 Å². The summed E-state index contributed by atoms with van der Waals surface area (Å²) in [5.74, 6) is 0. The van der Waals surface area contributed by atoms with Crippen molar-refractivity contribution in [2.24, 2.45) is 0 Å². The maximum atomic E-state index is 4.66. The number of thiazole rings is 1. The smallest absolute Gasteiger partial charge is 0.195 e. The summed E-state index contributed by atoms with van der Waals surface area (Å²) < 4.78 is 3.42. The van der Waals surface area contributed by atoms with Crippen molar-refractivity contribution in [2.45, 2.75) is 6.54 Å². The van der Waals surface area contributed by atoms with Crippen LogP contribution in [0.2, 0.25) is 0 Å². The number of aromatic nitrogens is 3. The van der Waals surface area contributed by atoms with Gasteiger partial charge < -0.3 is 5.32 Å². The van der Waals surface area contributed by atoms with Crippen LogP contribution in [0.3, 0.4) is 0 Å². The molecule has 3 heterocycles. The van der Waals surface area contributed by atoms with E-state index in [4.69, 9.17) is 0 Å². The van der Waals surface area contributed by atoms with Crippen molar-refractivity contribution < 1.29 is 0 Å². The normalized spacial score (nSPS) is 11.2. The third-order valence-electron chi connectivity index (χ3n) is 3.18. The second kappa shape index (κ2) is 4.61. The van der Waals surface area contributed by atoms with Gasteiger partial charge in [-0.25, -0.2) is 4.98 Å². The summed E-state index contributed by atoms with van der Waals surface area (Å²) in [7, 11) is 0. The van der Waals surface area contributed by atoms with Crippen LogP contribution < -0.4 is 5.32 Å². The molecule has 0 radical (unpaired) electrons. The first-order chi connectivity index (χ1) is 9.90. The van der Waals surface area contributed by atoms with E-state index in [9.17, 15) is 0 Å². The first kappa shape index (κ1) is 11.4. The molecule has 0 spiro atoms. The van der Waals surface area contributed by atoms with Gasteiger partial charge >= 0.3 is 0 Å². The van der Waals surface area contributed by atoms with Crippen molar-refractivity contribution in [1.29, 1.82) is 0 Å². The van der Waals surface area contributed by atoms with Crippen LogP contribution in [0.4, 0.5) is 5.69 Å². The molecule has 20 heavy (non-hydrogen) atoms. The molecule has 0 saturated heterocycles. The maximum Gasteiger partial charge on any atom is 0.195 e. The van der Waals surface area contributed by atoms with E-state index in [0.29, 0.717) is 6.54 Å². The molecular formula is C15H12N4S. The molecule has 0 atom stereocenters. The maximum absolute atomic E-state index is 4.66. The molecule has 5 heteroatoms. The second-order valence-electron chi connectivity index (χ2n) is 4.55. The Morgan fingerprint density at radius 3 is 3.00 bits per heavy atom. The molecule has 0 unspecified atom stereocenters. The lowest BCUT2D eigenvalue weighted by atomic mass is 10.3. The molecule has 0 aliphatic rings. The van der Waals surface area contributed by atoms with Crippen molar-refractivity contribution in [3.05, 3.63) is 60.7 Å².